The fourth-order valence-corrected chi connectivity index (χ4v) is 1.16. The molecule has 0 rings (SSSR count). The molecule has 0 spiro atoms. The summed E-state index contributed by atoms with van der Waals surface area (Å²) in [7, 11) is -2.01. The van der Waals surface area contributed by atoms with Crippen LogP contribution >= 0.6 is 0 Å². The van der Waals surface area contributed by atoms with Gasteiger partial charge in [0.05, 0.1) is 0 Å². The highest BCUT2D eigenvalue weighted by molar-refractivity contribution is 7.86. The summed E-state index contributed by atoms with van der Waals surface area (Å²) in [5.74, 6) is 0. The Morgan fingerprint density at radius 1 is 1.60 bits per heavy atom. The van der Waals surface area contributed by atoms with Crippen LogP contribution in [0, 0.1) is 0 Å². The lowest BCUT2D eigenvalue weighted by atomic mass is 10.3. The fourth-order valence-electron chi connectivity index (χ4n) is 0.508. The molecule has 1 atom stereocenters. The molecule has 0 aromatic carbocycles. The largest absolute Gasteiger partial charge is 0.276 e. The highest BCUT2D eigenvalue weighted by Crippen LogP contribution is 2.01. The fraction of sp³-hybridized carbons (Fsp3) is 1.00. The number of nitrogens with two attached hydrogens (primary N) is 1. The summed E-state index contributed by atoms with van der Waals surface area (Å²) in [4.78, 5) is 0. The van der Waals surface area contributed by atoms with Crippen molar-refractivity contribution in [3.63, 3.8) is 0 Å². The van der Waals surface area contributed by atoms with Crippen LogP contribution in [0.3, 0.4) is 0 Å². The van der Waals surface area contributed by atoms with E-state index in [-0.39, 0.29) is 6.04 Å². The molecular formula is C5H14N2O2S. The predicted molar refractivity (Wildman–Crippen MR) is 40.6 cm³/mol. The lowest BCUT2D eigenvalue weighted by molar-refractivity contribution is 0.381. The van der Waals surface area contributed by atoms with Crippen molar-refractivity contribution in [1.29, 1.82) is 0 Å². The zero-order chi connectivity index (χ0) is 8.36. The summed E-state index contributed by atoms with van der Waals surface area (Å²) < 4.78 is 22.4. The van der Waals surface area contributed by atoms with Gasteiger partial charge in [-0.3, -0.25) is 0 Å². The molecule has 0 aliphatic carbocycles. The SMILES string of the molecule is CCC(C)N(C)S(N)(=O)=O. The molecule has 0 heterocycles. The van der Waals surface area contributed by atoms with Crippen molar-refractivity contribution in [1.82, 2.24) is 4.31 Å². The van der Waals surface area contributed by atoms with Crippen LogP contribution in [0.2, 0.25) is 0 Å². The average molecular weight is 166 g/mol. The molecule has 0 aromatic rings. The van der Waals surface area contributed by atoms with Crippen LogP contribution in [-0.4, -0.2) is 25.8 Å². The van der Waals surface area contributed by atoms with Gasteiger partial charge in [0.1, 0.15) is 0 Å². The van der Waals surface area contributed by atoms with Gasteiger partial charge in [-0.15, -0.1) is 0 Å². The van der Waals surface area contributed by atoms with Crippen LogP contribution in [0.5, 0.6) is 0 Å². The van der Waals surface area contributed by atoms with Crippen LogP contribution < -0.4 is 5.14 Å². The van der Waals surface area contributed by atoms with E-state index in [0.717, 1.165) is 10.7 Å². The Balaban J connectivity index is 4.23. The summed E-state index contributed by atoms with van der Waals surface area (Å²) >= 11 is 0. The Labute approximate surface area is 62.2 Å². The monoisotopic (exact) mass is 166 g/mol. The number of nitrogens with zero attached hydrogens (tertiary/aromatic N) is 1. The van der Waals surface area contributed by atoms with Crippen LogP contribution in [0.15, 0.2) is 0 Å². The molecule has 62 valence electrons. The van der Waals surface area contributed by atoms with Crippen molar-refractivity contribution in [3.05, 3.63) is 0 Å². The minimum Gasteiger partial charge on any atom is -0.216 e. The second-order valence-electron chi connectivity index (χ2n) is 2.32. The van der Waals surface area contributed by atoms with Crippen LogP contribution in [0.1, 0.15) is 20.3 Å². The molecule has 4 nitrogen and oxygen atoms in total. The Morgan fingerprint density at radius 3 is 2.10 bits per heavy atom. The average Bonchev–Trinajstić information content (AvgIpc) is 1.83. The van der Waals surface area contributed by atoms with Gasteiger partial charge >= 0.3 is 0 Å². The topological polar surface area (TPSA) is 63.4 Å². The van der Waals surface area contributed by atoms with Gasteiger partial charge in [-0.05, 0) is 13.3 Å². The zero-order valence-electron chi connectivity index (χ0n) is 6.53. The zero-order valence-corrected chi connectivity index (χ0v) is 7.35. The van der Waals surface area contributed by atoms with Crippen molar-refractivity contribution in [2.45, 2.75) is 26.3 Å². The van der Waals surface area contributed by atoms with Gasteiger partial charge in [0, 0.05) is 13.1 Å². The molecule has 1 unspecified atom stereocenters. The number of hydrogen-bond acceptors (Lipinski definition) is 2. The Bertz CT molecular complexity index is 188. The third-order valence-electron chi connectivity index (χ3n) is 1.61. The van der Waals surface area contributed by atoms with E-state index in [1.807, 2.05) is 13.8 Å². The maximum atomic E-state index is 10.6. The molecule has 0 saturated heterocycles. The third-order valence-corrected chi connectivity index (χ3v) is 2.78. The molecule has 0 aliphatic rings. The maximum Gasteiger partial charge on any atom is 0.276 e. The predicted octanol–water partition coefficient (Wildman–Crippen LogP) is -0.0798. The van der Waals surface area contributed by atoms with E-state index in [0.29, 0.717) is 0 Å². The van der Waals surface area contributed by atoms with Gasteiger partial charge in [-0.25, -0.2) is 5.14 Å². The van der Waals surface area contributed by atoms with Crippen LogP contribution in [0.25, 0.3) is 0 Å². The minimum atomic E-state index is -3.48. The van der Waals surface area contributed by atoms with E-state index < -0.39 is 10.2 Å². The second-order valence-corrected chi connectivity index (χ2v) is 3.92. The molecule has 10 heavy (non-hydrogen) atoms. The normalized spacial score (nSPS) is 15.7. The van der Waals surface area contributed by atoms with Gasteiger partial charge in [-0.1, -0.05) is 6.92 Å². The molecule has 0 amide bonds. The Kier molecular flexibility index (Phi) is 3.27. The number of rotatable bonds is 3. The van der Waals surface area contributed by atoms with Gasteiger partial charge < -0.3 is 0 Å². The molecule has 5 heteroatoms. The highest BCUT2D eigenvalue weighted by atomic mass is 32.2. The quantitative estimate of drug-likeness (QED) is 0.637. The first kappa shape index (κ1) is 9.87. The minimum absolute atomic E-state index is 0.0185. The Hall–Kier alpha value is -0.130. The van der Waals surface area contributed by atoms with Crippen LogP contribution in [0.4, 0.5) is 0 Å². The molecule has 0 aliphatic heterocycles. The van der Waals surface area contributed by atoms with Gasteiger partial charge in [0.15, 0.2) is 0 Å². The molecule has 2 N–H and O–H groups in total. The smallest absolute Gasteiger partial charge is 0.216 e. The van der Waals surface area contributed by atoms with Crippen LogP contribution in [-0.2, 0) is 10.2 Å². The third kappa shape index (κ3) is 2.64. The lowest BCUT2D eigenvalue weighted by Gasteiger charge is -2.19. The van der Waals surface area contributed by atoms with E-state index in [4.69, 9.17) is 5.14 Å². The molecule has 0 aromatic heterocycles. The summed E-state index contributed by atoms with van der Waals surface area (Å²) in [6, 6.07) is -0.0185. The van der Waals surface area contributed by atoms with Crippen molar-refractivity contribution in [2.75, 3.05) is 7.05 Å². The molecule has 0 bridgehead atoms. The molecule has 0 saturated carbocycles. The Morgan fingerprint density at radius 2 is 2.00 bits per heavy atom. The summed E-state index contributed by atoms with van der Waals surface area (Å²) in [5.41, 5.74) is 0. The number of hydrogen-bond donors (Lipinski definition) is 1. The summed E-state index contributed by atoms with van der Waals surface area (Å²) in [6.07, 6.45) is 0.771. The molecule has 0 fully saturated rings. The summed E-state index contributed by atoms with van der Waals surface area (Å²) in [6.45, 7) is 3.72. The van der Waals surface area contributed by atoms with Crippen molar-refractivity contribution >= 4 is 10.2 Å². The van der Waals surface area contributed by atoms with Gasteiger partial charge in [-0.2, -0.15) is 12.7 Å². The summed E-state index contributed by atoms with van der Waals surface area (Å²) in [5, 5.41) is 4.85. The van der Waals surface area contributed by atoms with E-state index >= 15 is 0 Å². The van der Waals surface area contributed by atoms with E-state index in [2.05, 4.69) is 0 Å². The lowest BCUT2D eigenvalue weighted by Crippen LogP contribution is -2.39. The highest BCUT2D eigenvalue weighted by Gasteiger charge is 2.16. The first-order chi connectivity index (χ1) is 4.39. The van der Waals surface area contributed by atoms with Crippen molar-refractivity contribution in [2.24, 2.45) is 5.14 Å². The molecular weight excluding hydrogens is 152 g/mol. The first-order valence-electron chi connectivity index (χ1n) is 3.15. The standard InChI is InChI=1S/C5H14N2O2S/c1-4-5(2)7(3)10(6,8)9/h5H,4H2,1-3H3,(H2,6,8,9). The van der Waals surface area contributed by atoms with E-state index in [9.17, 15) is 8.42 Å². The van der Waals surface area contributed by atoms with Crippen molar-refractivity contribution < 1.29 is 8.42 Å². The van der Waals surface area contributed by atoms with Crippen molar-refractivity contribution in [3.8, 4) is 0 Å². The van der Waals surface area contributed by atoms with E-state index in [1.165, 1.54) is 7.05 Å². The maximum absolute atomic E-state index is 10.6. The van der Waals surface area contributed by atoms with Gasteiger partial charge in [0.2, 0.25) is 0 Å². The van der Waals surface area contributed by atoms with E-state index in [1.54, 1.807) is 0 Å². The first-order valence-corrected chi connectivity index (χ1v) is 4.65. The molecule has 0 radical (unpaired) electrons. The van der Waals surface area contributed by atoms with Gasteiger partial charge in [0.25, 0.3) is 10.2 Å². The second kappa shape index (κ2) is 3.32.